The molecule has 0 spiro atoms. The molecule has 1 rings (SSSR count). The Morgan fingerprint density at radius 1 is 1.47 bits per heavy atom. The largest absolute Gasteiger partial charge is 0.481 e. The second-order valence-corrected chi connectivity index (χ2v) is 4.90. The average molecular weight is 215 g/mol. The highest BCUT2D eigenvalue weighted by Crippen LogP contribution is 2.51. The van der Waals surface area contributed by atoms with Crippen molar-refractivity contribution in [2.24, 2.45) is 11.3 Å². The molecule has 1 fully saturated rings. The lowest BCUT2D eigenvalue weighted by Gasteiger charge is -2.20. The molecule has 1 atom stereocenters. The summed E-state index contributed by atoms with van der Waals surface area (Å²) in [6, 6.07) is 0. The van der Waals surface area contributed by atoms with E-state index in [0.717, 1.165) is 6.54 Å². The number of carboxylic acids is 1. The Kier molecular flexibility index (Phi) is 4.11. The van der Waals surface area contributed by atoms with E-state index in [1.807, 2.05) is 0 Å². The predicted octanol–water partition coefficient (Wildman–Crippen LogP) is 0.848. The highest BCUT2D eigenvalue weighted by molar-refractivity contribution is 5.67. The van der Waals surface area contributed by atoms with Gasteiger partial charge >= 0.3 is 5.97 Å². The number of hydrogen-bond acceptors (Lipinski definition) is 3. The molecule has 0 aromatic heterocycles. The Labute approximate surface area is 90.7 Å². The number of aliphatic hydroxyl groups excluding tert-OH is 1. The standard InChI is InChI=1S/C11H21NO3/c1-8(2)11(3-4-11)7-12-6-9(13)5-10(14)15/h8-9,12-13H,3-7H2,1-2H3,(H,14,15). The molecule has 15 heavy (non-hydrogen) atoms. The summed E-state index contributed by atoms with van der Waals surface area (Å²) in [4.78, 5) is 10.3. The zero-order valence-electron chi connectivity index (χ0n) is 9.49. The average Bonchev–Trinajstić information content (AvgIpc) is 2.83. The van der Waals surface area contributed by atoms with Gasteiger partial charge in [0.25, 0.3) is 0 Å². The van der Waals surface area contributed by atoms with Gasteiger partial charge in [-0.25, -0.2) is 0 Å². The Bertz CT molecular complexity index is 224. The van der Waals surface area contributed by atoms with Crippen LogP contribution in [0.1, 0.15) is 33.1 Å². The van der Waals surface area contributed by atoms with Gasteiger partial charge in [0.1, 0.15) is 0 Å². The van der Waals surface area contributed by atoms with Crippen LogP contribution in [0.25, 0.3) is 0 Å². The molecule has 3 N–H and O–H groups in total. The summed E-state index contributed by atoms with van der Waals surface area (Å²) in [7, 11) is 0. The van der Waals surface area contributed by atoms with Gasteiger partial charge in [-0.3, -0.25) is 4.79 Å². The van der Waals surface area contributed by atoms with Crippen molar-refractivity contribution in [1.82, 2.24) is 5.32 Å². The van der Waals surface area contributed by atoms with Gasteiger partial charge < -0.3 is 15.5 Å². The molecule has 1 saturated carbocycles. The molecule has 0 radical (unpaired) electrons. The van der Waals surface area contributed by atoms with E-state index in [-0.39, 0.29) is 6.42 Å². The fourth-order valence-electron chi connectivity index (χ4n) is 1.88. The lowest BCUT2D eigenvalue weighted by Crippen LogP contribution is -2.34. The van der Waals surface area contributed by atoms with Gasteiger partial charge in [-0.2, -0.15) is 0 Å². The van der Waals surface area contributed by atoms with Crippen LogP contribution in [0.3, 0.4) is 0 Å². The van der Waals surface area contributed by atoms with Crippen molar-refractivity contribution in [3.05, 3.63) is 0 Å². The minimum absolute atomic E-state index is 0.179. The molecule has 1 unspecified atom stereocenters. The van der Waals surface area contributed by atoms with Gasteiger partial charge in [0.05, 0.1) is 12.5 Å². The number of carbonyl (C=O) groups is 1. The smallest absolute Gasteiger partial charge is 0.306 e. The normalized spacial score (nSPS) is 20.3. The second-order valence-electron chi connectivity index (χ2n) is 4.90. The summed E-state index contributed by atoms with van der Waals surface area (Å²) >= 11 is 0. The maximum absolute atomic E-state index is 10.3. The first-order chi connectivity index (χ1) is 6.96. The van der Waals surface area contributed by atoms with Crippen LogP contribution in [0.5, 0.6) is 0 Å². The molecule has 0 amide bonds. The SMILES string of the molecule is CC(C)C1(CNCC(O)CC(=O)O)CC1. The number of hydrogen-bond donors (Lipinski definition) is 3. The van der Waals surface area contributed by atoms with Crippen LogP contribution in [-0.4, -0.2) is 35.4 Å². The molecule has 0 aromatic rings. The predicted molar refractivity (Wildman–Crippen MR) is 57.6 cm³/mol. The van der Waals surface area contributed by atoms with Crippen molar-refractivity contribution >= 4 is 5.97 Å². The van der Waals surface area contributed by atoms with Gasteiger partial charge in [0.2, 0.25) is 0 Å². The van der Waals surface area contributed by atoms with Crippen molar-refractivity contribution in [3.63, 3.8) is 0 Å². The number of aliphatic hydroxyl groups is 1. The number of carboxylic acid groups (broad SMARTS) is 1. The molecule has 4 nitrogen and oxygen atoms in total. The third-order valence-corrected chi connectivity index (χ3v) is 3.38. The molecule has 1 aliphatic rings. The van der Waals surface area contributed by atoms with Gasteiger partial charge in [-0.05, 0) is 24.2 Å². The molecule has 0 aromatic carbocycles. The van der Waals surface area contributed by atoms with E-state index in [9.17, 15) is 9.90 Å². The molecule has 4 heteroatoms. The van der Waals surface area contributed by atoms with Crippen LogP contribution in [0.15, 0.2) is 0 Å². The number of nitrogens with one attached hydrogen (secondary N) is 1. The van der Waals surface area contributed by atoms with E-state index in [0.29, 0.717) is 17.9 Å². The second kappa shape index (κ2) is 4.94. The molecule has 0 aliphatic heterocycles. The Morgan fingerprint density at radius 2 is 2.07 bits per heavy atom. The monoisotopic (exact) mass is 215 g/mol. The summed E-state index contributed by atoms with van der Waals surface area (Å²) in [5.74, 6) is -0.295. The maximum atomic E-state index is 10.3. The highest BCUT2D eigenvalue weighted by Gasteiger charge is 2.44. The van der Waals surface area contributed by atoms with Crippen LogP contribution in [0.4, 0.5) is 0 Å². The fraction of sp³-hybridized carbons (Fsp3) is 0.909. The Balaban J connectivity index is 2.14. The van der Waals surface area contributed by atoms with Gasteiger partial charge in [0, 0.05) is 13.1 Å². The maximum Gasteiger partial charge on any atom is 0.306 e. The summed E-state index contributed by atoms with van der Waals surface area (Å²) in [6.45, 7) is 5.69. The third kappa shape index (κ3) is 3.80. The van der Waals surface area contributed by atoms with Crippen molar-refractivity contribution in [1.29, 1.82) is 0 Å². The van der Waals surface area contributed by atoms with E-state index >= 15 is 0 Å². The lowest BCUT2D eigenvalue weighted by atomic mass is 9.92. The molecule has 88 valence electrons. The van der Waals surface area contributed by atoms with Crippen molar-refractivity contribution in [3.8, 4) is 0 Å². The fourth-order valence-corrected chi connectivity index (χ4v) is 1.88. The van der Waals surface area contributed by atoms with Gasteiger partial charge in [-0.15, -0.1) is 0 Å². The van der Waals surface area contributed by atoms with Crippen molar-refractivity contribution in [2.75, 3.05) is 13.1 Å². The Morgan fingerprint density at radius 3 is 2.47 bits per heavy atom. The van der Waals surface area contributed by atoms with Crippen LogP contribution in [0.2, 0.25) is 0 Å². The van der Waals surface area contributed by atoms with Gasteiger partial charge in [-0.1, -0.05) is 13.8 Å². The van der Waals surface area contributed by atoms with Gasteiger partial charge in [0.15, 0.2) is 0 Å². The highest BCUT2D eigenvalue weighted by atomic mass is 16.4. The van der Waals surface area contributed by atoms with E-state index in [1.165, 1.54) is 12.8 Å². The van der Waals surface area contributed by atoms with E-state index in [2.05, 4.69) is 19.2 Å². The molecule has 1 aliphatic carbocycles. The van der Waals surface area contributed by atoms with Crippen LogP contribution < -0.4 is 5.32 Å². The quantitative estimate of drug-likeness (QED) is 0.589. The summed E-state index contributed by atoms with van der Waals surface area (Å²) in [5, 5.41) is 20.9. The zero-order chi connectivity index (χ0) is 11.5. The first-order valence-electron chi connectivity index (χ1n) is 5.57. The van der Waals surface area contributed by atoms with E-state index < -0.39 is 12.1 Å². The summed E-state index contributed by atoms with van der Waals surface area (Å²) in [6.07, 6.45) is 1.53. The molecule has 0 bridgehead atoms. The van der Waals surface area contributed by atoms with Crippen molar-refractivity contribution in [2.45, 2.75) is 39.2 Å². The first kappa shape index (κ1) is 12.5. The zero-order valence-corrected chi connectivity index (χ0v) is 9.49. The van der Waals surface area contributed by atoms with Crippen LogP contribution in [0, 0.1) is 11.3 Å². The minimum Gasteiger partial charge on any atom is -0.481 e. The first-order valence-corrected chi connectivity index (χ1v) is 5.57. The van der Waals surface area contributed by atoms with Crippen LogP contribution in [-0.2, 0) is 4.79 Å². The van der Waals surface area contributed by atoms with E-state index in [4.69, 9.17) is 5.11 Å². The number of aliphatic carboxylic acids is 1. The number of rotatable bonds is 7. The lowest BCUT2D eigenvalue weighted by molar-refractivity contribution is -0.139. The third-order valence-electron chi connectivity index (χ3n) is 3.38. The molecular formula is C11H21NO3. The summed E-state index contributed by atoms with van der Waals surface area (Å²) < 4.78 is 0. The molecule has 0 heterocycles. The topological polar surface area (TPSA) is 69.6 Å². The molecule has 0 saturated heterocycles. The van der Waals surface area contributed by atoms with Crippen molar-refractivity contribution < 1.29 is 15.0 Å². The van der Waals surface area contributed by atoms with E-state index in [1.54, 1.807) is 0 Å². The molecular weight excluding hydrogens is 194 g/mol. The summed E-state index contributed by atoms with van der Waals surface area (Å²) in [5.41, 5.74) is 0.406. The Hall–Kier alpha value is -0.610. The minimum atomic E-state index is -0.950. The van der Waals surface area contributed by atoms with Crippen LogP contribution >= 0.6 is 0 Å².